The molecule has 4 aromatic rings. The molecule has 0 amide bonds. The highest BCUT2D eigenvalue weighted by Gasteiger charge is 2.15. The van der Waals surface area contributed by atoms with E-state index in [1.165, 1.54) is 10.7 Å². The molecule has 1 N–H and O–H groups in total. The first-order chi connectivity index (χ1) is 12.7. The summed E-state index contributed by atoms with van der Waals surface area (Å²) in [5.74, 6) is 0.364. The molecule has 8 nitrogen and oxygen atoms in total. The van der Waals surface area contributed by atoms with Crippen LogP contribution in [0.5, 0.6) is 0 Å². The third-order valence-electron chi connectivity index (χ3n) is 3.89. The van der Waals surface area contributed by atoms with Crippen molar-refractivity contribution in [2.24, 2.45) is 0 Å². The number of nitrogens with zero attached hydrogens (tertiary/aromatic N) is 5. The maximum Gasteiger partial charge on any atom is 0.368 e. The van der Waals surface area contributed by atoms with E-state index in [1.807, 2.05) is 42.5 Å². The van der Waals surface area contributed by atoms with Crippen LogP contribution in [0, 0.1) is 10.1 Å². The largest absolute Gasteiger partial charge is 0.368 e. The minimum Gasteiger partial charge on any atom is -0.363 e. The molecule has 3 heterocycles. The first-order valence-corrected chi connectivity index (χ1v) is 7.94. The Hall–Kier alpha value is -3.81. The van der Waals surface area contributed by atoms with Crippen LogP contribution in [0.25, 0.3) is 16.9 Å². The van der Waals surface area contributed by atoms with Crippen molar-refractivity contribution < 1.29 is 4.92 Å². The van der Waals surface area contributed by atoms with Crippen molar-refractivity contribution in [3.05, 3.63) is 82.7 Å². The lowest BCUT2D eigenvalue weighted by Gasteiger charge is -2.07. The van der Waals surface area contributed by atoms with Gasteiger partial charge in [0.25, 0.3) is 0 Å². The minimum absolute atomic E-state index is 0.166. The number of aromatic nitrogens is 4. The maximum atomic E-state index is 11.0. The summed E-state index contributed by atoms with van der Waals surface area (Å²) >= 11 is 0. The average molecular weight is 346 g/mol. The van der Waals surface area contributed by atoms with Crippen LogP contribution >= 0.6 is 0 Å². The summed E-state index contributed by atoms with van der Waals surface area (Å²) in [7, 11) is 0. The van der Waals surface area contributed by atoms with E-state index in [0.29, 0.717) is 18.0 Å². The molecule has 0 aliphatic carbocycles. The van der Waals surface area contributed by atoms with Gasteiger partial charge in [-0.15, -0.1) is 0 Å². The summed E-state index contributed by atoms with van der Waals surface area (Å²) in [6, 6.07) is 17.2. The number of pyridine rings is 1. The van der Waals surface area contributed by atoms with Gasteiger partial charge < -0.3 is 15.4 Å². The minimum atomic E-state index is -0.507. The van der Waals surface area contributed by atoms with Crippen LogP contribution < -0.4 is 5.32 Å². The Labute approximate surface area is 148 Å². The third kappa shape index (κ3) is 3.07. The molecule has 4 rings (SSSR count). The molecule has 0 spiro atoms. The summed E-state index contributed by atoms with van der Waals surface area (Å²) in [4.78, 5) is 18.8. The summed E-state index contributed by atoms with van der Waals surface area (Å²) in [6.45, 7) is 0.529. The topological polar surface area (TPSA) is 98.2 Å². The van der Waals surface area contributed by atoms with E-state index in [4.69, 9.17) is 0 Å². The molecule has 128 valence electrons. The highest BCUT2D eigenvalue weighted by atomic mass is 16.6. The van der Waals surface area contributed by atoms with Crippen LogP contribution in [0.3, 0.4) is 0 Å². The van der Waals surface area contributed by atoms with Crippen LogP contribution in [0.4, 0.5) is 11.6 Å². The first-order valence-electron chi connectivity index (χ1n) is 7.94. The quantitative estimate of drug-likeness (QED) is 0.440. The monoisotopic (exact) mass is 346 g/mol. The highest BCUT2D eigenvalue weighted by Crippen LogP contribution is 2.19. The van der Waals surface area contributed by atoms with E-state index in [0.717, 1.165) is 16.8 Å². The molecule has 0 unspecified atom stereocenters. The summed E-state index contributed by atoms with van der Waals surface area (Å²) < 4.78 is 1.21. The zero-order valence-corrected chi connectivity index (χ0v) is 13.6. The number of nitrogens with one attached hydrogen (secondary N) is 1. The zero-order chi connectivity index (χ0) is 17.9. The number of imidazole rings is 1. The number of hydrogen-bond donors (Lipinski definition) is 1. The Morgan fingerprint density at radius 1 is 1.08 bits per heavy atom. The van der Waals surface area contributed by atoms with E-state index in [2.05, 4.69) is 20.4 Å². The summed E-state index contributed by atoms with van der Waals surface area (Å²) in [5.41, 5.74) is 3.41. The second kappa shape index (κ2) is 6.60. The number of hydrogen-bond acceptors (Lipinski definition) is 6. The van der Waals surface area contributed by atoms with Gasteiger partial charge >= 0.3 is 5.82 Å². The predicted molar refractivity (Wildman–Crippen MR) is 96.6 cm³/mol. The molecular formula is C18H14N6O2. The Morgan fingerprint density at radius 2 is 2.00 bits per heavy atom. The predicted octanol–water partition coefficient (Wildman–Crippen LogP) is 3.31. The van der Waals surface area contributed by atoms with Gasteiger partial charge in [0.2, 0.25) is 5.65 Å². The summed E-state index contributed by atoms with van der Waals surface area (Å²) in [5, 5.41) is 18.4. The zero-order valence-electron chi connectivity index (χ0n) is 13.6. The van der Waals surface area contributed by atoms with Crippen molar-refractivity contribution in [1.82, 2.24) is 19.6 Å². The molecule has 3 aromatic heterocycles. The lowest BCUT2D eigenvalue weighted by atomic mass is 10.1. The van der Waals surface area contributed by atoms with E-state index in [-0.39, 0.29) is 5.82 Å². The van der Waals surface area contributed by atoms with Crippen molar-refractivity contribution in [3.8, 4) is 11.3 Å². The second-order valence-corrected chi connectivity index (χ2v) is 5.63. The fraction of sp³-hybridized carbons (Fsp3) is 0.0556. The molecule has 0 radical (unpaired) electrons. The molecule has 8 heteroatoms. The normalized spacial score (nSPS) is 10.8. The van der Waals surface area contributed by atoms with Gasteiger partial charge in [-0.3, -0.25) is 4.98 Å². The Balaban J connectivity index is 1.55. The van der Waals surface area contributed by atoms with Crippen molar-refractivity contribution >= 4 is 17.3 Å². The molecule has 0 saturated heterocycles. The molecular weight excluding hydrogens is 332 g/mol. The molecule has 0 aliphatic heterocycles. The smallest absolute Gasteiger partial charge is 0.363 e. The lowest BCUT2D eigenvalue weighted by Crippen LogP contribution is -2.05. The van der Waals surface area contributed by atoms with E-state index < -0.39 is 4.92 Å². The Kier molecular flexibility index (Phi) is 3.98. The summed E-state index contributed by atoms with van der Waals surface area (Å²) in [6.07, 6.45) is 2.96. The maximum absolute atomic E-state index is 11.0. The Bertz CT molecular complexity index is 1080. The van der Waals surface area contributed by atoms with Gasteiger partial charge in [0, 0.05) is 24.4 Å². The molecule has 0 saturated carbocycles. The van der Waals surface area contributed by atoms with E-state index in [1.54, 1.807) is 18.3 Å². The van der Waals surface area contributed by atoms with Crippen LogP contribution in [0.15, 0.2) is 67.0 Å². The highest BCUT2D eigenvalue weighted by molar-refractivity contribution is 5.60. The lowest BCUT2D eigenvalue weighted by molar-refractivity contribution is -0.391. The van der Waals surface area contributed by atoms with Crippen LogP contribution in [-0.2, 0) is 6.54 Å². The fourth-order valence-corrected chi connectivity index (χ4v) is 2.65. The molecule has 0 atom stereocenters. The molecule has 0 fully saturated rings. The Morgan fingerprint density at radius 3 is 2.81 bits per heavy atom. The average Bonchev–Trinajstić information content (AvgIpc) is 3.11. The van der Waals surface area contributed by atoms with Crippen molar-refractivity contribution in [1.29, 1.82) is 0 Å². The van der Waals surface area contributed by atoms with Gasteiger partial charge in [0.15, 0.2) is 5.82 Å². The molecule has 0 aliphatic rings. The van der Waals surface area contributed by atoms with Gasteiger partial charge in [-0.25, -0.2) is 4.98 Å². The first kappa shape index (κ1) is 15.7. The van der Waals surface area contributed by atoms with Gasteiger partial charge in [0.05, 0.1) is 5.69 Å². The van der Waals surface area contributed by atoms with Crippen LogP contribution in [-0.4, -0.2) is 24.5 Å². The van der Waals surface area contributed by atoms with Crippen LogP contribution in [0.2, 0.25) is 0 Å². The van der Waals surface area contributed by atoms with E-state index in [9.17, 15) is 10.1 Å². The van der Waals surface area contributed by atoms with Gasteiger partial charge in [-0.1, -0.05) is 33.9 Å². The van der Waals surface area contributed by atoms with Crippen molar-refractivity contribution in [3.63, 3.8) is 0 Å². The molecule has 26 heavy (non-hydrogen) atoms. The second-order valence-electron chi connectivity index (χ2n) is 5.63. The van der Waals surface area contributed by atoms with E-state index >= 15 is 0 Å². The number of fused-ring (bicyclic) bond motifs is 1. The van der Waals surface area contributed by atoms with Crippen molar-refractivity contribution in [2.75, 3.05) is 5.32 Å². The molecule has 1 aromatic carbocycles. The number of nitro groups is 1. The number of benzene rings is 1. The SMILES string of the molecule is O=[N+]([O-])c1cnc2ccc(NCc3cccc(-c4ccccn4)c3)nn12. The number of anilines is 1. The van der Waals surface area contributed by atoms with Gasteiger partial charge in [0.1, 0.15) is 6.20 Å². The standard InChI is InChI=1S/C18H14N6O2/c25-24(26)18-12-21-17-8-7-16(22-23(17)18)20-11-13-4-3-5-14(10-13)15-6-1-2-9-19-15/h1-10,12H,11H2,(H,20,22). The fourth-order valence-electron chi connectivity index (χ4n) is 2.65. The number of rotatable bonds is 5. The van der Waals surface area contributed by atoms with Gasteiger partial charge in [-0.2, -0.15) is 0 Å². The third-order valence-corrected chi connectivity index (χ3v) is 3.89. The van der Waals surface area contributed by atoms with Crippen molar-refractivity contribution in [2.45, 2.75) is 6.54 Å². The molecule has 0 bridgehead atoms. The van der Waals surface area contributed by atoms with Crippen LogP contribution in [0.1, 0.15) is 5.56 Å². The van der Waals surface area contributed by atoms with Gasteiger partial charge in [-0.05, 0) is 34.8 Å².